The topological polar surface area (TPSA) is 3.88 Å². The van der Waals surface area contributed by atoms with Crippen LogP contribution in [0, 0.1) is 13.8 Å². The number of benzene rings is 1. The second-order valence-electron chi connectivity index (χ2n) is 6.18. The number of hydrogen-bond donors (Lipinski definition) is 0. The highest BCUT2D eigenvalue weighted by Gasteiger charge is 2.22. The van der Waals surface area contributed by atoms with Crippen molar-refractivity contribution in [3.8, 4) is 11.3 Å². The lowest BCUT2D eigenvalue weighted by Gasteiger charge is -2.23. The fourth-order valence-corrected chi connectivity index (χ4v) is 2.41. The van der Waals surface area contributed by atoms with Crippen LogP contribution in [0.15, 0.2) is 36.5 Å². The smallest absolute Gasteiger partial charge is 0.201 e. The third-order valence-electron chi connectivity index (χ3n) is 4.32. The van der Waals surface area contributed by atoms with E-state index in [1.54, 1.807) is 12.1 Å². The van der Waals surface area contributed by atoms with Gasteiger partial charge >= 0.3 is 0 Å². The summed E-state index contributed by atoms with van der Waals surface area (Å²) < 4.78 is 24.8. The third kappa shape index (κ3) is 2.77. The standard InChI is InChI=1S/C19H26N/c1-7-19(4,5)16-10-11-20(6)18(13-16)17-9-8-14(2)12-15(17)3/h8-13H,7H2,1-6H3/q+1/i2D3. The van der Waals surface area contributed by atoms with Crippen molar-refractivity contribution >= 4 is 0 Å². The van der Waals surface area contributed by atoms with Crippen molar-refractivity contribution in [3.63, 3.8) is 0 Å². The predicted molar refractivity (Wildman–Crippen MR) is 85.8 cm³/mol. The van der Waals surface area contributed by atoms with Gasteiger partial charge in [0.2, 0.25) is 5.69 Å². The van der Waals surface area contributed by atoms with Crippen molar-refractivity contribution in [1.82, 2.24) is 0 Å². The number of aryl methyl sites for hydroxylation is 3. The summed E-state index contributed by atoms with van der Waals surface area (Å²) in [5.74, 6) is 0. The number of rotatable bonds is 3. The van der Waals surface area contributed by atoms with Crippen molar-refractivity contribution in [2.45, 2.75) is 46.4 Å². The summed E-state index contributed by atoms with van der Waals surface area (Å²) in [6, 6.07) is 9.81. The highest BCUT2D eigenvalue weighted by atomic mass is 14.9. The van der Waals surface area contributed by atoms with Crippen molar-refractivity contribution in [1.29, 1.82) is 0 Å². The monoisotopic (exact) mass is 271 g/mol. The number of hydrogen-bond acceptors (Lipinski definition) is 0. The maximum Gasteiger partial charge on any atom is 0.212 e. The maximum absolute atomic E-state index is 7.56. The Bertz CT molecular complexity index is 715. The Labute approximate surface area is 127 Å². The fourth-order valence-electron chi connectivity index (χ4n) is 2.41. The minimum Gasteiger partial charge on any atom is -0.201 e. The van der Waals surface area contributed by atoms with Gasteiger partial charge in [0.05, 0.1) is 0 Å². The first-order valence-electron chi connectivity index (χ1n) is 8.68. The Morgan fingerprint density at radius 1 is 1.20 bits per heavy atom. The number of aromatic nitrogens is 1. The molecule has 1 heterocycles. The van der Waals surface area contributed by atoms with Gasteiger partial charge in [-0.05, 0) is 42.8 Å². The van der Waals surface area contributed by atoms with Gasteiger partial charge in [-0.15, -0.1) is 0 Å². The van der Waals surface area contributed by atoms with Gasteiger partial charge in [0.1, 0.15) is 7.05 Å². The molecule has 0 aliphatic carbocycles. The molecule has 0 radical (unpaired) electrons. The van der Waals surface area contributed by atoms with Crippen LogP contribution in [-0.2, 0) is 12.5 Å². The summed E-state index contributed by atoms with van der Waals surface area (Å²) in [4.78, 5) is 0. The van der Waals surface area contributed by atoms with Gasteiger partial charge in [-0.3, -0.25) is 0 Å². The molecular formula is C19H26N+. The van der Waals surface area contributed by atoms with Gasteiger partial charge in [0.25, 0.3) is 0 Å². The predicted octanol–water partition coefficient (Wildman–Crippen LogP) is 4.48. The summed E-state index contributed by atoms with van der Waals surface area (Å²) in [6.45, 7) is 6.61. The highest BCUT2D eigenvalue weighted by molar-refractivity contribution is 5.62. The zero-order valence-electron chi connectivity index (χ0n) is 16.1. The second-order valence-corrected chi connectivity index (χ2v) is 6.18. The Hall–Kier alpha value is -1.63. The van der Waals surface area contributed by atoms with Crippen LogP contribution in [-0.4, -0.2) is 0 Å². The van der Waals surface area contributed by atoms with Gasteiger partial charge < -0.3 is 0 Å². The van der Waals surface area contributed by atoms with E-state index in [-0.39, 0.29) is 5.41 Å². The van der Waals surface area contributed by atoms with E-state index in [2.05, 4.69) is 43.7 Å². The first-order chi connectivity index (χ1) is 10.6. The first kappa shape index (κ1) is 11.1. The molecule has 2 rings (SSSR count). The molecule has 0 aliphatic rings. The van der Waals surface area contributed by atoms with Crippen molar-refractivity contribution in [2.75, 3.05) is 0 Å². The van der Waals surface area contributed by atoms with Crippen LogP contribution in [0.5, 0.6) is 0 Å². The Morgan fingerprint density at radius 2 is 1.95 bits per heavy atom. The van der Waals surface area contributed by atoms with Crippen LogP contribution in [0.1, 0.15) is 48.0 Å². The van der Waals surface area contributed by atoms with E-state index in [0.29, 0.717) is 5.56 Å². The molecule has 20 heavy (non-hydrogen) atoms. The zero-order chi connectivity index (χ0) is 17.4. The molecule has 0 aliphatic heterocycles. The summed E-state index contributed by atoms with van der Waals surface area (Å²) in [6.07, 6.45) is 3.15. The highest BCUT2D eigenvalue weighted by Crippen LogP contribution is 2.29. The number of nitrogens with zero attached hydrogens (tertiary/aromatic N) is 1. The van der Waals surface area contributed by atoms with Gasteiger partial charge in [-0.2, -0.15) is 0 Å². The van der Waals surface area contributed by atoms with E-state index in [4.69, 9.17) is 4.11 Å². The largest absolute Gasteiger partial charge is 0.212 e. The minimum absolute atomic E-state index is 0.121. The summed E-state index contributed by atoms with van der Waals surface area (Å²) in [7, 11) is 2.02. The molecule has 1 aromatic carbocycles. The Morgan fingerprint density at radius 3 is 2.55 bits per heavy atom. The molecule has 0 N–H and O–H groups in total. The summed E-state index contributed by atoms with van der Waals surface area (Å²) in [5, 5.41) is 0. The fraction of sp³-hybridized carbons (Fsp3) is 0.421. The van der Waals surface area contributed by atoms with Gasteiger partial charge in [0, 0.05) is 21.8 Å². The van der Waals surface area contributed by atoms with E-state index in [1.165, 1.54) is 5.56 Å². The molecule has 0 saturated carbocycles. The van der Waals surface area contributed by atoms with Gasteiger partial charge in [-0.1, -0.05) is 38.5 Å². The average molecular weight is 271 g/mol. The summed E-state index contributed by atoms with van der Waals surface area (Å²) >= 11 is 0. The molecule has 0 spiro atoms. The van der Waals surface area contributed by atoms with Gasteiger partial charge in [-0.25, -0.2) is 4.57 Å². The molecule has 0 amide bonds. The third-order valence-corrected chi connectivity index (χ3v) is 4.32. The maximum atomic E-state index is 7.56. The van der Waals surface area contributed by atoms with Crippen LogP contribution in [0.4, 0.5) is 0 Å². The van der Waals surface area contributed by atoms with Crippen molar-refractivity contribution < 1.29 is 8.68 Å². The van der Waals surface area contributed by atoms with E-state index in [1.807, 2.05) is 20.0 Å². The molecule has 0 saturated heterocycles. The van der Waals surface area contributed by atoms with Crippen molar-refractivity contribution in [3.05, 3.63) is 53.2 Å². The molecule has 2 aromatic rings. The number of pyridine rings is 1. The lowest BCUT2D eigenvalue weighted by molar-refractivity contribution is -0.660. The normalized spacial score (nSPS) is 14.6. The van der Waals surface area contributed by atoms with Crippen LogP contribution >= 0.6 is 0 Å². The Kier molecular flexibility index (Phi) is 2.99. The molecule has 0 bridgehead atoms. The molecule has 0 unspecified atom stereocenters. The zero-order valence-corrected chi connectivity index (χ0v) is 13.1. The molecule has 0 atom stereocenters. The lowest BCUT2D eigenvalue weighted by atomic mass is 9.82. The van der Waals surface area contributed by atoms with E-state index in [0.717, 1.165) is 23.2 Å². The van der Waals surface area contributed by atoms with Gasteiger partial charge in [0.15, 0.2) is 6.20 Å². The molecule has 1 aromatic heterocycles. The second kappa shape index (κ2) is 5.40. The van der Waals surface area contributed by atoms with Crippen LogP contribution in [0.25, 0.3) is 11.3 Å². The van der Waals surface area contributed by atoms with Crippen molar-refractivity contribution in [2.24, 2.45) is 7.05 Å². The lowest BCUT2D eigenvalue weighted by Crippen LogP contribution is -2.32. The quantitative estimate of drug-likeness (QED) is 0.725. The van der Waals surface area contributed by atoms with Crippen LogP contribution in [0.3, 0.4) is 0 Å². The SMILES string of the molecule is [2H]C([2H])([2H])c1ccc(-c2cc(C(C)(C)CC)cc[n+]2C)c(C)c1. The summed E-state index contributed by atoms with van der Waals surface area (Å²) in [5.41, 5.74) is 4.99. The minimum atomic E-state index is -2.06. The van der Waals surface area contributed by atoms with Crippen LogP contribution < -0.4 is 4.57 Å². The van der Waals surface area contributed by atoms with E-state index in [9.17, 15) is 0 Å². The van der Waals surface area contributed by atoms with Crippen LogP contribution in [0.2, 0.25) is 0 Å². The molecular weight excluding hydrogens is 242 g/mol. The molecule has 106 valence electrons. The molecule has 0 fully saturated rings. The van der Waals surface area contributed by atoms with E-state index >= 15 is 0 Å². The molecule has 1 heteroatoms. The average Bonchev–Trinajstić information content (AvgIpc) is 2.47. The first-order valence-corrected chi connectivity index (χ1v) is 7.18. The van der Waals surface area contributed by atoms with E-state index < -0.39 is 6.85 Å². The Balaban J connectivity index is 2.56. The molecule has 1 nitrogen and oxygen atoms in total.